The van der Waals surface area contributed by atoms with Gasteiger partial charge in [-0.15, -0.1) is 0 Å². The van der Waals surface area contributed by atoms with Gasteiger partial charge in [0.15, 0.2) is 0 Å². The van der Waals surface area contributed by atoms with Gasteiger partial charge in [-0.1, -0.05) is 17.3 Å². The highest BCUT2D eigenvalue weighted by molar-refractivity contribution is 6.47. The summed E-state index contributed by atoms with van der Waals surface area (Å²) in [5.74, 6) is -0.641. The molecule has 0 saturated carbocycles. The summed E-state index contributed by atoms with van der Waals surface area (Å²) in [5.41, 5.74) is 1.87. The zero-order chi connectivity index (χ0) is 13.4. The van der Waals surface area contributed by atoms with E-state index in [1.165, 1.54) is 6.07 Å². The highest BCUT2D eigenvalue weighted by Gasteiger charge is 2.26. The molecule has 19 heavy (non-hydrogen) atoms. The van der Waals surface area contributed by atoms with Crippen molar-refractivity contribution in [1.29, 1.82) is 0 Å². The molecule has 0 amide bonds. The highest BCUT2D eigenvalue weighted by Crippen LogP contribution is 2.24. The van der Waals surface area contributed by atoms with Crippen molar-refractivity contribution in [1.82, 2.24) is 4.57 Å². The van der Waals surface area contributed by atoms with Crippen LogP contribution < -0.4 is 0 Å². The molecule has 1 aromatic carbocycles. The molecule has 0 fully saturated rings. The van der Waals surface area contributed by atoms with Gasteiger partial charge in [0, 0.05) is 24.4 Å². The largest absolute Gasteiger partial charge is 0.411 e. The van der Waals surface area contributed by atoms with E-state index >= 15 is 0 Å². The molecule has 0 saturated heterocycles. The van der Waals surface area contributed by atoms with Gasteiger partial charge in [-0.05, 0) is 24.1 Å². The standard InChI is InChI=1S/C14H11FN2O2/c15-11-3-1-2-4-13(11)17-7-9-5-6-12(16-19)14(18)10(9)8-17/h1-4,7-8,19H,5-6H2/b16-12+. The molecule has 1 aliphatic rings. The molecule has 1 heterocycles. The molecule has 0 bridgehead atoms. The summed E-state index contributed by atoms with van der Waals surface area (Å²) in [6, 6.07) is 6.37. The van der Waals surface area contributed by atoms with Gasteiger partial charge in [0.05, 0.1) is 5.69 Å². The maximum Gasteiger partial charge on any atom is 0.212 e. The van der Waals surface area contributed by atoms with Crippen LogP contribution in [0.2, 0.25) is 0 Å². The third kappa shape index (κ3) is 1.83. The van der Waals surface area contributed by atoms with Gasteiger partial charge < -0.3 is 9.77 Å². The highest BCUT2D eigenvalue weighted by atomic mass is 19.1. The second kappa shape index (κ2) is 4.35. The Bertz CT molecular complexity index is 689. The monoisotopic (exact) mass is 258 g/mol. The van der Waals surface area contributed by atoms with E-state index in [1.54, 1.807) is 35.2 Å². The zero-order valence-corrected chi connectivity index (χ0v) is 10.0. The number of nitrogens with zero attached hydrogens (tertiary/aromatic N) is 2. The first-order valence-electron chi connectivity index (χ1n) is 5.92. The number of rotatable bonds is 1. The first-order valence-corrected chi connectivity index (χ1v) is 5.92. The summed E-state index contributed by atoms with van der Waals surface area (Å²) in [7, 11) is 0. The van der Waals surface area contributed by atoms with Gasteiger partial charge >= 0.3 is 0 Å². The normalized spacial score (nSPS) is 16.7. The van der Waals surface area contributed by atoms with Gasteiger partial charge in [-0.2, -0.15) is 0 Å². The van der Waals surface area contributed by atoms with Crippen LogP contribution in [0.5, 0.6) is 0 Å². The number of Topliss-reactive ketones (excluding diaryl/α,β-unsaturated/α-hetero) is 1. The molecule has 0 unspecified atom stereocenters. The summed E-state index contributed by atoms with van der Waals surface area (Å²) in [4.78, 5) is 12.0. The second-order valence-electron chi connectivity index (χ2n) is 4.43. The van der Waals surface area contributed by atoms with Gasteiger partial charge in [-0.3, -0.25) is 4.79 Å². The van der Waals surface area contributed by atoms with Gasteiger partial charge in [-0.25, -0.2) is 4.39 Å². The summed E-state index contributed by atoms with van der Waals surface area (Å²) >= 11 is 0. The van der Waals surface area contributed by atoms with E-state index < -0.39 is 0 Å². The Morgan fingerprint density at radius 1 is 1.21 bits per heavy atom. The first-order chi connectivity index (χ1) is 9.20. The number of carbonyl (C=O) groups is 1. The minimum atomic E-state index is -0.349. The summed E-state index contributed by atoms with van der Waals surface area (Å²) < 4.78 is 15.3. The molecule has 4 nitrogen and oxygen atoms in total. The molecule has 3 rings (SSSR count). The molecule has 1 N–H and O–H groups in total. The Morgan fingerprint density at radius 2 is 2.00 bits per heavy atom. The fourth-order valence-electron chi connectivity index (χ4n) is 2.32. The van der Waals surface area contributed by atoms with E-state index in [9.17, 15) is 9.18 Å². The second-order valence-corrected chi connectivity index (χ2v) is 4.43. The van der Waals surface area contributed by atoms with E-state index in [0.29, 0.717) is 24.1 Å². The number of aromatic nitrogens is 1. The number of ketones is 1. The van der Waals surface area contributed by atoms with E-state index in [4.69, 9.17) is 5.21 Å². The minimum Gasteiger partial charge on any atom is -0.411 e. The van der Waals surface area contributed by atoms with Crippen molar-refractivity contribution in [2.75, 3.05) is 0 Å². The molecule has 0 radical (unpaired) electrons. The molecular formula is C14H11FN2O2. The van der Waals surface area contributed by atoms with Crippen LogP contribution in [0.15, 0.2) is 41.8 Å². The van der Waals surface area contributed by atoms with Crippen LogP contribution in [0.1, 0.15) is 22.3 Å². The number of para-hydroxylation sites is 1. The van der Waals surface area contributed by atoms with Crippen molar-refractivity contribution in [3.05, 3.63) is 53.6 Å². The molecule has 96 valence electrons. The van der Waals surface area contributed by atoms with Crippen LogP contribution in [0.3, 0.4) is 0 Å². The number of carbonyl (C=O) groups excluding carboxylic acids is 1. The Morgan fingerprint density at radius 3 is 2.74 bits per heavy atom. The third-order valence-corrected chi connectivity index (χ3v) is 3.30. The van der Waals surface area contributed by atoms with Crippen LogP contribution in [0.25, 0.3) is 5.69 Å². The maximum absolute atomic E-state index is 13.7. The first kappa shape index (κ1) is 11.6. The molecule has 1 aliphatic carbocycles. The molecule has 5 heteroatoms. The number of hydrogen-bond acceptors (Lipinski definition) is 3. The van der Waals surface area contributed by atoms with Crippen molar-refractivity contribution in [3.8, 4) is 5.69 Å². The van der Waals surface area contributed by atoms with E-state index in [1.807, 2.05) is 0 Å². The predicted molar refractivity (Wildman–Crippen MR) is 67.6 cm³/mol. The molecule has 0 aliphatic heterocycles. The maximum atomic E-state index is 13.7. The zero-order valence-electron chi connectivity index (χ0n) is 10.0. The van der Waals surface area contributed by atoms with E-state index in [2.05, 4.69) is 5.16 Å². The third-order valence-electron chi connectivity index (χ3n) is 3.30. The lowest BCUT2D eigenvalue weighted by Gasteiger charge is -2.09. The van der Waals surface area contributed by atoms with Gasteiger partial charge in [0.2, 0.25) is 5.78 Å². The molecule has 2 aromatic rings. The number of halogens is 1. The number of benzene rings is 1. The van der Waals surface area contributed by atoms with E-state index in [-0.39, 0.29) is 17.3 Å². The van der Waals surface area contributed by atoms with Crippen molar-refractivity contribution in [3.63, 3.8) is 0 Å². The van der Waals surface area contributed by atoms with E-state index in [0.717, 1.165) is 5.56 Å². The average Bonchev–Trinajstić information content (AvgIpc) is 2.84. The Balaban J connectivity index is 2.10. The molecule has 0 atom stereocenters. The van der Waals surface area contributed by atoms with Crippen molar-refractivity contribution >= 4 is 11.5 Å². The SMILES string of the molecule is O=C1/C(=N/O)CCc2cn(-c3ccccc3F)cc21. The molecule has 1 aromatic heterocycles. The van der Waals surface area contributed by atoms with Crippen LogP contribution in [-0.2, 0) is 6.42 Å². The van der Waals surface area contributed by atoms with Gasteiger partial charge in [0.25, 0.3) is 0 Å². The van der Waals surface area contributed by atoms with Crippen LogP contribution in [0, 0.1) is 5.82 Å². The molecule has 0 spiro atoms. The lowest BCUT2D eigenvalue weighted by atomic mass is 9.93. The summed E-state index contributed by atoms with van der Waals surface area (Å²) in [5, 5.41) is 11.8. The Hall–Kier alpha value is -2.43. The van der Waals surface area contributed by atoms with Gasteiger partial charge in [0.1, 0.15) is 11.5 Å². The summed E-state index contributed by atoms with van der Waals surface area (Å²) in [6.45, 7) is 0. The Kier molecular flexibility index (Phi) is 2.67. The predicted octanol–water partition coefficient (Wildman–Crippen LogP) is 2.58. The number of fused-ring (bicyclic) bond motifs is 1. The van der Waals surface area contributed by atoms with Crippen molar-refractivity contribution in [2.24, 2.45) is 5.16 Å². The summed E-state index contributed by atoms with van der Waals surface area (Å²) in [6.07, 6.45) is 4.35. The fourth-order valence-corrected chi connectivity index (χ4v) is 2.32. The van der Waals surface area contributed by atoms with Crippen LogP contribution >= 0.6 is 0 Å². The average molecular weight is 258 g/mol. The lowest BCUT2D eigenvalue weighted by Crippen LogP contribution is -2.21. The van der Waals surface area contributed by atoms with Crippen molar-refractivity contribution < 1.29 is 14.4 Å². The van der Waals surface area contributed by atoms with Crippen molar-refractivity contribution in [2.45, 2.75) is 12.8 Å². The number of oxime groups is 1. The van der Waals surface area contributed by atoms with Crippen LogP contribution in [-0.4, -0.2) is 21.3 Å². The lowest BCUT2D eigenvalue weighted by molar-refractivity contribution is 0.105. The minimum absolute atomic E-state index is 0.152. The smallest absolute Gasteiger partial charge is 0.212 e. The van der Waals surface area contributed by atoms with Crippen LogP contribution in [0.4, 0.5) is 4.39 Å². The Labute approximate surface area is 108 Å². The quantitative estimate of drug-likeness (QED) is 0.631. The molecular weight excluding hydrogens is 247 g/mol. The number of hydrogen-bond donors (Lipinski definition) is 1. The topological polar surface area (TPSA) is 54.6 Å². The number of aryl methyl sites for hydroxylation is 1. The fraction of sp³-hybridized carbons (Fsp3) is 0.143.